The molecular weight excluding hydrogens is 290 g/mol. The van der Waals surface area contributed by atoms with Gasteiger partial charge in [-0.15, -0.1) is 0 Å². The van der Waals surface area contributed by atoms with E-state index in [9.17, 15) is 5.11 Å². The number of rotatable bonds is 6. The van der Waals surface area contributed by atoms with E-state index in [4.69, 9.17) is 9.47 Å². The molecule has 2 aromatic rings. The highest BCUT2D eigenvalue weighted by Gasteiger charge is 2.15. The largest absolute Gasteiger partial charge is 0.508 e. The Labute approximate surface area is 138 Å². The second-order valence-electron chi connectivity index (χ2n) is 5.80. The van der Waals surface area contributed by atoms with Gasteiger partial charge >= 0.3 is 0 Å². The molecule has 0 fully saturated rings. The Hall–Kier alpha value is -2.23. The van der Waals surface area contributed by atoms with Gasteiger partial charge in [0.15, 0.2) is 0 Å². The average molecular weight is 315 g/mol. The number of nitrogens with zero attached hydrogens (tertiary/aromatic N) is 1. The molecule has 0 atom stereocenters. The Morgan fingerprint density at radius 3 is 2.35 bits per heavy atom. The van der Waals surface area contributed by atoms with Gasteiger partial charge in [-0.25, -0.2) is 4.98 Å². The molecule has 0 aliphatic carbocycles. The molecule has 0 bridgehead atoms. The van der Waals surface area contributed by atoms with Crippen molar-refractivity contribution >= 4 is 0 Å². The molecule has 1 aromatic carbocycles. The Morgan fingerprint density at radius 1 is 1.04 bits per heavy atom. The van der Waals surface area contributed by atoms with Gasteiger partial charge in [0.25, 0.3) is 0 Å². The summed E-state index contributed by atoms with van der Waals surface area (Å²) in [5, 5.41) is 9.51. The van der Waals surface area contributed by atoms with Gasteiger partial charge in [-0.3, -0.25) is 0 Å². The molecule has 0 unspecified atom stereocenters. The van der Waals surface area contributed by atoms with Gasteiger partial charge in [0.05, 0.1) is 11.7 Å². The number of hydrogen-bond acceptors (Lipinski definition) is 4. The first-order valence-corrected chi connectivity index (χ1v) is 8.06. The van der Waals surface area contributed by atoms with E-state index < -0.39 is 0 Å². The number of pyridine rings is 1. The lowest BCUT2D eigenvalue weighted by atomic mass is 10.2. The van der Waals surface area contributed by atoms with Gasteiger partial charge in [0.1, 0.15) is 17.2 Å². The molecule has 0 aliphatic heterocycles. The minimum absolute atomic E-state index is 0.193. The van der Waals surface area contributed by atoms with Crippen molar-refractivity contribution in [3.05, 3.63) is 41.1 Å². The maximum Gasteiger partial charge on any atom is 0.226 e. The third kappa shape index (κ3) is 4.15. The highest BCUT2D eigenvalue weighted by Crippen LogP contribution is 2.33. The zero-order chi connectivity index (χ0) is 17.0. The molecule has 2 rings (SSSR count). The minimum Gasteiger partial charge on any atom is -0.508 e. The summed E-state index contributed by atoms with van der Waals surface area (Å²) in [6, 6.07) is 6.97. The molecule has 0 spiro atoms. The SMILES string of the molecule is CCC(CC)Oc1cc(C)nc(Oc2ccc(O)cc2C)c1C. The molecule has 124 valence electrons. The molecule has 4 heteroatoms. The summed E-state index contributed by atoms with van der Waals surface area (Å²) in [7, 11) is 0. The van der Waals surface area contributed by atoms with E-state index in [2.05, 4.69) is 18.8 Å². The number of aromatic hydroxyl groups is 1. The molecule has 1 aromatic heterocycles. The number of ether oxygens (including phenoxy) is 2. The third-order valence-electron chi connectivity index (χ3n) is 3.88. The van der Waals surface area contributed by atoms with E-state index >= 15 is 0 Å². The number of benzene rings is 1. The quantitative estimate of drug-likeness (QED) is 0.808. The van der Waals surface area contributed by atoms with Gasteiger partial charge in [0, 0.05) is 11.8 Å². The van der Waals surface area contributed by atoms with Crippen LogP contribution < -0.4 is 9.47 Å². The summed E-state index contributed by atoms with van der Waals surface area (Å²) >= 11 is 0. The molecule has 0 saturated carbocycles. The summed E-state index contributed by atoms with van der Waals surface area (Å²) in [4.78, 5) is 4.49. The molecule has 0 radical (unpaired) electrons. The molecular formula is C19H25NO3. The molecule has 23 heavy (non-hydrogen) atoms. The first-order chi connectivity index (χ1) is 10.9. The van der Waals surface area contributed by atoms with Crippen molar-refractivity contribution < 1.29 is 14.6 Å². The van der Waals surface area contributed by atoms with Gasteiger partial charge in [0.2, 0.25) is 5.88 Å². The summed E-state index contributed by atoms with van der Waals surface area (Å²) in [6.07, 6.45) is 2.12. The average Bonchev–Trinajstić information content (AvgIpc) is 2.51. The lowest BCUT2D eigenvalue weighted by molar-refractivity contribution is 0.190. The normalized spacial score (nSPS) is 10.9. The number of phenols is 1. The first-order valence-electron chi connectivity index (χ1n) is 8.06. The highest BCUT2D eigenvalue weighted by atomic mass is 16.5. The van der Waals surface area contributed by atoms with Crippen LogP contribution in [0.4, 0.5) is 0 Å². The van der Waals surface area contributed by atoms with E-state index in [1.807, 2.05) is 26.8 Å². The highest BCUT2D eigenvalue weighted by molar-refractivity contribution is 5.45. The van der Waals surface area contributed by atoms with Crippen LogP contribution in [0.5, 0.6) is 23.1 Å². The number of phenolic OH excluding ortho intramolecular Hbond substituents is 1. The summed E-state index contributed by atoms with van der Waals surface area (Å²) in [5.41, 5.74) is 2.59. The van der Waals surface area contributed by atoms with Crippen LogP contribution in [0.15, 0.2) is 24.3 Å². The van der Waals surface area contributed by atoms with Crippen molar-refractivity contribution in [3.63, 3.8) is 0 Å². The maximum absolute atomic E-state index is 9.51. The molecule has 1 heterocycles. The van der Waals surface area contributed by atoms with E-state index in [-0.39, 0.29) is 11.9 Å². The topological polar surface area (TPSA) is 51.6 Å². The van der Waals surface area contributed by atoms with Gasteiger partial charge in [-0.05, 0) is 57.4 Å². The molecule has 4 nitrogen and oxygen atoms in total. The van der Waals surface area contributed by atoms with Gasteiger partial charge in [-0.2, -0.15) is 0 Å². The van der Waals surface area contributed by atoms with Crippen molar-refractivity contribution in [1.29, 1.82) is 0 Å². The maximum atomic E-state index is 9.51. The second kappa shape index (κ2) is 7.36. The van der Waals surface area contributed by atoms with Crippen LogP contribution in [0.3, 0.4) is 0 Å². The van der Waals surface area contributed by atoms with Crippen LogP contribution in [0, 0.1) is 20.8 Å². The number of aromatic nitrogens is 1. The Bertz CT molecular complexity index is 679. The fraction of sp³-hybridized carbons (Fsp3) is 0.421. The monoisotopic (exact) mass is 315 g/mol. The van der Waals surface area contributed by atoms with E-state index in [0.717, 1.165) is 35.4 Å². The predicted octanol–water partition coefficient (Wildman–Crippen LogP) is 5.07. The van der Waals surface area contributed by atoms with Crippen molar-refractivity contribution in [2.45, 2.75) is 53.6 Å². The summed E-state index contributed by atoms with van der Waals surface area (Å²) in [6.45, 7) is 10.0. The molecule has 0 aliphatic rings. The molecule has 1 N–H and O–H groups in total. The van der Waals surface area contributed by atoms with Gasteiger partial charge < -0.3 is 14.6 Å². The molecule has 0 saturated heterocycles. The van der Waals surface area contributed by atoms with E-state index in [0.29, 0.717) is 11.6 Å². The number of aryl methyl sites for hydroxylation is 2. The van der Waals surface area contributed by atoms with Crippen molar-refractivity contribution in [2.24, 2.45) is 0 Å². The molecule has 0 amide bonds. The van der Waals surface area contributed by atoms with Crippen molar-refractivity contribution in [1.82, 2.24) is 4.98 Å². The minimum atomic E-state index is 0.193. The Morgan fingerprint density at radius 2 is 1.74 bits per heavy atom. The van der Waals surface area contributed by atoms with Crippen LogP contribution in [0.2, 0.25) is 0 Å². The smallest absolute Gasteiger partial charge is 0.226 e. The lowest BCUT2D eigenvalue weighted by Gasteiger charge is -2.19. The first kappa shape index (κ1) is 17.1. The second-order valence-corrected chi connectivity index (χ2v) is 5.80. The number of hydrogen-bond donors (Lipinski definition) is 1. The predicted molar refractivity (Wildman–Crippen MR) is 91.6 cm³/mol. The van der Waals surface area contributed by atoms with E-state index in [1.165, 1.54) is 0 Å². The van der Waals surface area contributed by atoms with Crippen LogP contribution >= 0.6 is 0 Å². The summed E-state index contributed by atoms with van der Waals surface area (Å²) in [5.74, 6) is 2.26. The fourth-order valence-electron chi connectivity index (χ4n) is 2.39. The Kier molecular flexibility index (Phi) is 5.48. The van der Waals surface area contributed by atoms with Crippen LogP contribution in [0.25, 0.3) is 0 Å². The lowest BCUT2D eigenvalue weighted by Crippen LogP contribution is -2.15. The van der Waals surface area contributed by atoms with Crippen LogP contribution in [0.1, 0.15) is 43.5 Å². The summed E-state index contributed by atoms with van der Waals surface area (Å²) < 4.78 is 12.1. The van der Waals surface area contributed by atoms with Crippen LogP contribution in [-0.4, -0.2) is 16.2 Å². The standard InChI is InChI=1S/C19H25NO3/c1-6-16(7-2)22-18-11-13(4)20-19(14(18)5)23-17-9-8-15(21)10-12(17)3/h8-11,16,21H,6-7H2,1-5H3. The van der Waals surface area contributed by atoms with Crippen molar-refractivity contribution in [2.75, 3.05) is 0 Å². The van der Waals surface area contributed by atoms with Gasteiger partial charge in [-0.1, -0.05) is 13.8 Å². The Balaban J connectivity index is 2.33. The van der Waals surface area contributed by atoms with Crippen molar-refractivity contribution in [3.8, 4) is 23.1 Å². The zero-order valence-corrected chi connectivity index (χ0v) is 14.5. The fourth-order valence-corrected chi connectivity index (χ4v) is 2.39. The van der Waals surface area contributed by atoms with Crippen LogP contribution in [-0.2, 0) is 0 Å². The van der Waals surface area contributed by atoms with E-state index in [1.54, 1.807) is 18.2 Å². The zero-order valence-electron chi connectivity index (χ0n) is 14.5. The third-order valence-corrected chi connectivity index (χ3v) is 3.88.